The average molecular weight is 358 g/mol. The number of likely N-dealkylation sites (tertiary alicyclic amines) is 1. The van der Waals surface area contributed by atoms with Crippen molar-refractivity contribution in [2.75, 3.05) is 26.7 Å². The van der Waals surface area contributed by atoms with Crippen molar-refractivity contribution in [2.45, 2.75) is 25.3 Å². The van der Waals surface area contributed by atoms with Crippen molar-refractivity contribution >= 4 is 5.91 Å². The molecule has 1 unspecified atom stereocenters. The largest absolute Gasteiger partial charge is 0.344 e. The summed E-state index contributed by atoms with van der Waals surface area (Å²) >= 11 is 0. The van der Waals surface area contributed by atoms with Gasteiger partial charge in [-0.05, 0) is 49.2 Å². The molecule has 1 saturated heterocycles. The van der Waals surface area contributed by atoms with Gasteiger partial charge in [-0.25, -0.2) is 8.78 Å². The SMILES string of the molecule is CN(CC(c1ccccc1)N1CCCC1)C(=O)Cc1ccc(F)c(F)c1. The molecule has 1 aliphatic rings. The number of halogens is 2. The number of amides is 1. The van der Waals surface area contributed by atoms with Crippen LogP contribution < -0.4 is 0 Å². The number of hydrogen-bond donors (Lipinski definition) is 0. The van der Waals surface area contributed by atoms with Crippen molar-refractivity contribution in [2.24, 2.45) is 0 Å². The second kappa shape index (κ2) is 8.41. The minimum atomic E-state index is -0.919. The Morgan fingerprint density at radius 3 is 2.42 bits per heavy atom. The molecule has 5 heteroatoms. The van der Waals surface area contributed by atoms with Crippen LogP contribution in [0.25, 0.3) is 0 Å². The maximum atomic E-state index is 13.4. The normalized spacial score (nSPS) is 15.8. The third-order valence-electron chi connectivity index (χ3n) is 4.98. The summed E-state index contributed by atoms with van der Waals surface area (Å²) in [6, 6.07) is 14.0. The average Bonchev–Trinajstić information content (AvgIpc) is 3.17. The molecule has 2 aromatic carbocycles. The summed E-state index contributed by atoms with van der Waals surface area (Å²) in [6.07, 6.45) is 2.42. The first kappa shape index (κ1) is 18.5. The molecule has 3 rings (SSSR count). The second-order valence-electron chi connectivity index (χ2n) is 6.87. The molecule has 26 heavy (non-hydrogen) atoms. The van der Waals surface area contributed by atoms with Crippen molar-refractivity contribution in [3.8, 4) is 0 Å². The number of nitrogens with zero attached hydrogens (tertiary/aromatic N) is 2. The minimum absolute atomic E-state index is 0.0647. The topological polar surface area (TPSA) is 23.6 Å². The molecule has 0 bridgehead atoms. The predicted molar refractivity (Wildman–Crippen MR) is 97.7 cm³/mol. The molecule has 1 aliphatic heterocycles. The highest BCUT2D eigenvalue weighted by Gasteiger charge is 2.26. The lowest BCUT2D eigenvalue weighted by atomic mass is 10.0. The third kappa shape index (κ3) is 4.47. The Kier molecular flexibility index (Phi) is 5.99. The molecular weight excluding hydrogens is 334 g/mol. The summed E-state index contributed by atoms with van der Waals surface area (Å²) in [6.45, 7) is 2.64. The molecule has 1 amide bonds. The summed E-state index contributed by atoms with van der Waals surface area (Å²) in [4.78, 5) is 16.7. The van der Waals surface area contributed by atoms with Crippen LogP contribution >= 0.6 is 0 Å². The van der Waals surface area contributed by atoms with Gasteiger partial charge in [0.2, 0.25) is 5.91 Å². The summed E-state index contributed by atoms with van der Waals surface area (Å²) in [5, 5.41) is 0. The smallest absolute Gasteiger partial charge is 0.226 e. The number of benzene rings is 2. The van der Waals surface area contributed by atoms with Gasteiger partial charge in [0, 0.05) is 13.6 Å². The maximum Gasteiger partial charge on any atom is 0.226 e. The molecule has 1 heterocycles. The number of likely N-dealkylation sites (N-methyl/N-ethyl adjacent to an activating group) is 1. The molecular formula is C21H24F2N2O. The Hall–Kier alpha value is -2.27. The predicted octanol–water partition coefficient (Wildman–Crippen LogP) is 3.80. The van der Waals surface area contributed by atoms with Crippen LogP contribution in [0.1, 0.15) is 30.0 Å². The van der Waals surface area contributed by atoms with E-state index in [0.717, 1.165) is 25.2 Å². The van der Waals surface area contributed by atoms with E-state index in [-0.39, 0.29) is 18.4 Å². The van der Waals surface area contributed by atoms with Gasteiger partial charge < -0.3 is 4.90 Å². The van der Waals surface area contributed by atoms with Crippen LogP contribution in [0.4, 0.5) is 8.78 Å². The molecule has 0 N–H and O–H groups in total. The highest BCUT2D eigenvalue weighted by atomic mass is 19.2. The third-order valence-corrected chi connectivity index (χ3v) is 4.98. The maximum absolute atomic E-state index is 13.4. The lowest BCUT2D eigenvalue weighted by Crippen LogP contribution is -2.38. The van der Waals surface area contributed by atoms with Gasteiger partial charge in [0.05, 0.1) is 12.5 Å². The summed E-state index contributed by atoms with van der Waals surface area (Å²) in [5.41, 5.74) is 1.68. The van der Waals surface area contributed by atoms with Crippen LogP contribution in [0, 0.1) is 11.6 Å². The van der Waals surface area contributed by atoms with E-state index in [4.69, 9.17) is 0 Å². The molecule has 2 aromatic rings. The van der Waals surface area contributed by atoms with Crippen LogP contribution in [0.5, 0.6) is 0 Å². The van der Waals surface area contributed by atoms with Crippen LogP contribution in [-0.4, -0.2) is 42.4 Å². The van der Waals surface area contributed by atoms with E-state index >= 15 is 0 Å². The molecule has 0 aromatic heterocycles. The van der Waals surface area contributed by atoms with Crippen molar-refractivity contribution in [1.29, 1.82) is 0 Å². The van der Waals surface area contributed by atoms with E-state index in [9.17, 15) is 13.6 Å². The van der Waals surface area contributed by atoms with E-state index in [1.165, 1.54) is 24.5 Å². The van der Waals surface area contributed by atoms with Crippen molar-refractivity contribution in [3.63, 3.8) is 0 Å². The zero-order valence-corrected chi connectivity index (χ0v) is 15.0. The van der Waals surface area contributed by atoms with Crippen LogP contribution in [0.15, 0.2) is 48.5 Å². The van der Waals surface area contributed by atoms with E-state index in [0.29, 0.717) is 12.1 Å². The fourth-order valence-electron chi connectivity index (χ4n) is 3.48. The van der Waals surface area contributed by atoms with Gasteiger partial charge in [0.25, 0.3) is 0 Å². The van der Waals surface area contributed by atoms with Gasteiger partial charge in [-0.2, -0.15) is 0 Å². The standard InChI is InChI=1S/C21H24F2N2O/c1-24(21(26)14-16-9-10-18(22)19(23)13-16)15-20(25-11-5-6-12-25)17-7-3-2-4-8-17/h2-4,7-10,13,20H,5-6,11-12,14-15H2,1H3. The molecule has 138 valence electrons. The van der Waals surface area contributed by atoms with Crippen LogP contribution in [0.2, 0.25) is 0 Å². The molecule has 1 atom stereocenters. The summed E-state index contributed by atoms with van der Waals surface area (Å²) < 4.78 is 26.4. The Balaban J connectivity index is 1.69. The first-order chi connectivity index (χ1) is 12.5. The summed E-state index contributed by atoms with van der Waals surface area (Å²) in [7, 11) is 1.77. The Bertz CT molecular complexity index is 745. The first-order valence-electron chi connectivity index (χ1n) is 9.01. The zero-order valence-electron chi connectivity index (χ0n) is 15.0. The van der Waals surface area contributed by atoms with E-state index in [1.807, 2.05) is 18.2 Å². The molecule has 0 aliphatic carbocycles. The van der Waals surface area contributed by atoms with E-state index in [2.05, 4.69) is 17.0 Å². The first-order valence-corrected chi connectivity index (χ1v) is 9.01. The Labute approximate surface area is 153 Å². The molecule has 0 spiro atoms. The van der Waals surface area contributed by atoms with Gasteiger partial charge in [-0.15, -0.1) is 0 Å². The number of carbonyl (C=O) groups is 1. The molecule has 0 radical (unpaired) electrons. The monoisotopic (exact) mass is 358 g/mol. The van der Waals surface area contributed by atoms with Gasteiger partial charge in [0.1, 0.15) is 0 Å². The molecule has 1 fully saturated rings. The van der Waals surface area contributed by atoms with Crippen LogP contribution in [-0.2, 0) is 11.2 Å². The number of hydrogen-bond acceptors (Lipinski definition) is 2. The highest BCUT2D eigenvalue weighted by Crippen LogP contribution is 2.26. The highest BCUT2D eigenvalue weighted by molar-refractivity contribution is 5.78. The van der Waals surface area contributed by atoms with Gasteiger partial charge in [-0.1, -0.05) is 36.4 Å². The van der Waals surface area contributed by atoms with Gasteiger partial charge >= 0.3 is 0 Å². The lowest BCUT2D eigenvalue weighted by molar-refractivity contribution is -0.129. The van der Waals surface area contributed by atoms with Crippen molar-refractivity contribution in [3.05, 3.63) is 71.3 Å². The fraction of sp³-hybridized carbons (Fsp3) is 0.381. The van der Waals surface area contributed by atoms with Gasteiger partial charge in [0.15, 0.2) is 11.6 Å². The van der Waals surface area contributed by atoms with Crippen molar-refractivity contribution < 1.29 is 13.6 Å². The van der Waals surface area contributed by atoms with E-state index in [1.54, 1.807) is 11.9 Å². The van der Waals surface area contributed by atoms with Crippen molar-refractivity contribution in [1.82, 2.24) is 9.80 Å². The molecule has 0 saturated carbocycles. The zero-order chi connectivity index (χ0) is 18.5. The lowest BCUT2D eigenvalue weighted by Gasteiger charge is -2.32. The fourth-order valence-corrected chi connectivity index (χ4v) is 3.48. The van der Waals surface area contributed by atoms with Crippen LogP contribution in [0.3, 0.4) is 0 Å². The second-order valence-corrected chi connectivity index (χ2v) is 6.87. The Morgan fingerprint density at radius 1 is 1.08 bits per heavy atom. The number of rotatable bonds is 6. The summed E-state index contributed by atoms with van der Waals surface area (Å²) in [5.74, 6) is -1.92. The number of carbonyl (C=O) groups excluding carboxylic acids is 1. The van der Waals surface area contributed by atoms with E-state index < -0.39 is 11.6 Å². The Morgan fingerprint density at radius 2 is 1.77 bits per heavy atom. The quantitative estimate of drug-likeness (QED) is 0.784. The molecule has 3 nitrogen and oxygen atoms in total. The van der Waals surface area contributed by atoms with Gasteiger partial charge in [-0.3, -0.25) is 9.69 Å². The minimum Gasteiger partial charge on any atom is -0.344 e.